The van der Waals surface area contributed by atoms with Crippen molar-refractivity contribution in [1.29, 1.82) is 0 Å². The first-order valence-electron chi connectivity index (χ1n) is 5.86. The zero-order valence-electron chi connectivity index (χ0n) is 10.6. The molecule has 0 unspecified atom stereocenters. The van der Waals surface area contributed by atoms with E-state index in [1.165, 1.54) is 0 Å². The van der Waals surface area contributed by atoms with Gasteiger partial charge in [-0.3, -0.25) is 0 Å². The third kappa shape index (κ3) is 2.74. The van der Waals surface area contributed by atoms with Crippen LogP contribution in [-0.2, 0) is 6.54 Å². The second kappa shape index (κ2) is 5.45. The third-order valence-electron chi connectivity index (χ3n) is 2.88. The van der Waals surface area contributed by atoms with E-state index in [1.807, 2.05) is 43.3 Å². The molecule has 2 aromatic carbocycles. The van der Waals surface area contributed by atoms with Crippen molar-refractivity contribution in [3.8, 4) is 11.5 Å². The Morgan fingerprint density at radius 2 is 1.94 bits per heavy atom. The lowest BCUT2D eigenvalue weighted by molar-refractivity contribution is 0.410. The highest BCUT2D eigenvalue weighted by Gasteiger charge is 2.02. The van der Waals surface area contributed by atoms with Crippen LogP contribution in [0.15, 0.2) is 42.5 Å². The maximum atomic E-state index is 9.63. The fraction of sp³-hybridized carbons (Fsp3) is 0.200. The Bertz CT molecular complexity index is 538. The van der Waals surface area contributed by atoms with Gasteiger partial charge in [-0.2, -0.15) is 0 Å². The summed E-state index contributed by atoms with van der Waals surface area (Å²) in [5.41, 5.74) is 2.85. The largest absolute Gasteiger partial charge is 0.508 e. The van der Waals surface area contributed by atoms with E-state index in [0.29, 0.717) is 12.3 Å². The topological polar surface area (TPSA) is 41.5 Å². The Morgan fingerprint density at radius 1 is 1.17 bits per heavy atom. The molecule has 2 N–H and O–H groups in total. The van der Waals surface area contributed by atoms with E-state index in [2.05, 4.69) is 5.32 Å². The molecule has 0 aliphatic rings. The number of rotatable bonds is 4. The van der Waals surface area contributed by atoms with Crippen LogP contribution in [-0.4, -0.2) is 12.2 Å². The van der Waals surface area contributed by atoms with Crippen molar-refractivity contribution in [1.82, 2.24) is 0 Å². The van der Waals surface area contributed by atoms with Gasteiger partial charge in [-0.25, -0.2) is 0 Å². The van der Waals surface area contributed by atoms with Crippen LogP contribution in [0.4, 0.5) is 5.69 Å². The van der Waals surface area contributed by atoms with Crippen LogP contribution in [0.5, 0.6) is 11.5 Å². The van der Waals surface area contributed by atoms with E-state index in [4.69, 9.17) is 4.74 Å². The summed E-state index contributed by atoms with van der Waals surface area (Å²) in [5.74, 6) is 1.17. The zero-order valence-corrected chi connectivity index (χ0v) is 10.6. The number of para-hydroxylation sites is 1. The molecule has 94 valence electrons. The average molecular weight is 243 g/mol. The number of hydrogen-bond donors (Lipinski definition) is 2. The second-order valence-corrected chi connectivity index (χ2v) is 4.17. The minimum absolute atomic E-state index is 0.306. The highest BCUT2D eigenvalue weighted by molar-refractivity contribution is 5.51. The van der Waals surface area contributed by atoms with Gasteiger partial charge in [-0.15, -0.1) is 0 Å². The van der Waals surface area contributed by atoms with E-state index in [0.717, 1.165) is 22.6 Å². The SMILES string of the molecule is COc1ccccc1CNc1ccc(C)c(O)c1. The highest BCUT2D eigenvalue weighted by Crippen LogP contribution is 2.23. The molecule has 0 bridgehead atoms. The minimum atomic E-state index is 0.306. The van der Waals surface area contributed by atoms with Crippen LogP contribution >= 0.6 is 0 Å². The third-order valence-corrected chi connectivity index (χ3v) is 2.88. The molecule has 3 heteroatoms. The number of methoxy groups -OCH3 is 1. The van der Waals surface area contributed by atoms with Crippen molar-refractivity contribution >= 4 is 5.69 Å². The fourth-order valence-corrected chi connectivity index (χ4v) is 1.77. The van der Waals surface area contributed by atoms with Crippen LogP contribution in [0.1, 0.15) is 11.1 Å². The van der Waals surface area contributed by atoms with E-state index in [9.17, 15) is 5.11 Å². The molecule has 0 aromatic heterocycles. The summed E-state index contributed by atoms with van der Waals surface area (Å²) in [5, 5.41) is 12.9. The van der Waals surface area contributed by atoms with Crippen LogP contribution in [0.25, 0.3) is 0 Å². The molecule has 2 rings (SSSR count). The van der Waals surface area contributed by atoms with Gasteiger partial charge in [0.2, 0.25) is 0 Å². The Labute approximate surface area is 107 Å². The Balaban J connectivity index is 2.09. The number of nitrogens with one attached hydrogen (secondary N) is 1. The van der Waals surface area contributed by atoms with Crippen LogP contribution in [0, 0.1) is 6.92 Å². The first-order valence-corrected chi connectivity index (χ1v) is 5.86. The molecule has 0 atom stereocenters. The molecular weight excluding hydrogens is 226 g/mol. The van der Waals surface area contributed by atoms with Crippen molar-refractivity contribution in [2.24, 2.45) is 0 Å². The number of anilines is 1. The van der Waals surface area contributed by atoms with E-state index < -0.39 is 0 Å². The Morgan fingerprint density at radius 3 is 2.67 bits per heavy atom. The summed E-state index contributed by atoms with van der Waals surface area (Å²) >= 11 is 0. The van der Waals surface area contributed by atoms with Gasteiger partial charge >= 0.3 is 0 Å². The van der Waals surface area contributed by atoms with Crippen LogP contribution < -0.4 is 10.1 Å². The molecule has 0 fully saturated rings. The van der Waals surface area contributed by atoms with Crippen molar-refractivity contribution < 1.29 is 9.84 Å². The van der Waals surface area contributed by atoms with E-state index in [1.54, 1.807) is 13.2 Å². The van der Waals surface area contributed by atoms with Gasteiger partial charge in [0.25, 0.3) is 0 Å². The number of aryl methyl sites for hydroxylation is 1. The van der Waals surface area contributed by atoms with Gasteiger partial charge in [0, 0.05) is 23.9 Å². The molecule has 18 heavy (non-hydrogen) atoms. The summed E-state index contributed by atoms with van der Waals surface area (Å²) in [4.78, 5) is 0. The quantitative estimate of drug-likeness (QED) is 0.865. The standard InChI is InChI=1S/C15H17NO2/c1-11-7-8-13(9-14(11)17)16-10-12-5-3-4-6-15(12)18-2/h3-9,16-17H,10H2,1-2H3. The second-order valence-electron chi connectivity index (χ2n) is 4.17. The molecule has 0 aliphatic carbocycles. The predicted molar refractivity (Wildman–Crippen MR) is 73.2 cm³/mol. The van der Waals surface area contributed by atoms with Crippen LogP contribution in [0.2, 0.25) is 0 Å². The zero-order chi connectivity index (χ0) is 13.0. The molecular formula is C15H17NO2. The maximum absolute atomic E-state index is 9.63. The molecule has 0 heterocycles. The first-order chi connectivity index (χ1) is 8.70. The van der Waals surface area contributed by atoms with Crippen molar-refractivity contribution in [2.75, 3.05) is 12.4 Å². The molecule has 0 amide bonds. The Kier molecular flexibility index (Phi) is 3.72. The molecule has 2 aromatic rings. The number of phenols is 1. The summed E-state index contributed by atoms with van der Waals surface area (Å²) in [7, 11) is 1.66. The normalized spacial score (nSPS) is 10.1. The summed E-state index contributed by atoms with van der Waals surface area (Å²) < 4.78 is 5.29. The number of hydrogen-bond acceptors (Lipinski definition) is 3. The summed E-state index contributed by atoms with van der Waals surface area (Å²) in [6, 6.07) is 13.4. The average Bonchev–Trinajstić information content (AvgIpc) is 2.40. The van der Waals surface area contributed by atoms with Gasteiger partial charge < -0.3 is 15.2 Å². The van der Waals surface area contributed by atoms with Crippen molar-refractivity contribution in [3.63, 3.8) is 0 Å². The maximum Gasteiger partial charge on any atom is 0.123 e. The monoisotopic (exact) mass is 243 g/mol. The number of phenolic OH excluding ortho intramolecular Hbond substituents is 1. The van der Waals surface area contributed by atoms with Gasteiger partial charge in [-0.1, -0.05) is 24.3 Å². The predicted octanol–water partition coefficient (Wildman–Crippen LogP) is 3.32. The molecule has 0 saturated heterocycles. The number of ether oxygens (including phenoxy) is 1. The Hall–Kier alpha value is -2.16. The lowest BCUT2D eigenvalue weighted by Crippen LogP contribution is -2.01. The van der Waals surface area contributed by atoms with Gasteiger partial charge in [0.05, 0.1) is 7.11 Å². The van der Waals surface area contributed by atoms with Gasteiger partial charge in [-0.05, 0) is 24.6 Å². The molecule has 0 aliphatic heterocycles. The molecule has 3 nitrogen and oxygen atoms in total. The minimum Gasteiger partial charge on any atom is -0.508 e. The summed E-state index contributed by atoms with van der Waals surface area (Å²) in [6.07, 6.45) is 0. The summed E-state index contributed by atoms with van der Waals surface area (Å²) in [6.45, 7) is 2.53. The van der Waals surface area contributed by atoms with Gasteiger partial charge in [0.1, 0.15) is 11.5 Å². The van der Waals surface area contributed by atoms with Crippen molar-refractivity contribution in [2.45, 2.75) is 13.5 Å². The fourth-order valence-electron chi connectivity index (χ4n) is 1.77. The van der Waals surface area contributed by atoms with E-state index in [-0.39, 0.29) is 0 Å². The lowest BCUT2D eigenvalue weighted by atomic mass is 10.1. The number of benzene rings is 2. The van der Waals surface area contributed by atoms with E-state index >= 15 is 0 Å². The van der Waals surface area contributed by atoms with Gasteiger partial charge in [0.15, 0.2) is 0 Å². The molecule has 0 saturated carbocycles. The first kappa shape index (κ1) is 12.3. The van der Waals surface area contributed by atoms with Crippen molar-refractivity contribution in [3.05, 3.63) is 53.6 Å². The number of aromatic hydroxyl groups is 1. The molecule has 0 radical (unpaired) electrons. The highest BCUT2D eigenvalue weighted by atomic mass is 16.5. The molecule has 0 spiro atoms. The smallest absolute Gasteiger partial charge is 0.123 e. The van der Waals surface area contributed by atoms with Crippen LogP contribution in [0.3, 0.4) is 0 Å². The lowest BCUT2D eigenvalue weighted by Gasteiger charge is -2.11.